The fourth-order valence-corrected chi connectivity index (χ4v) is 6.07. The summed E-state index contributed by atoms with van der Waals surface area (Å²) in [4.78, 5) is 0. The molecule has 2 aliphatic rings. The maximum absolute atomic E-state index is 14.6. The zero-order chi connectivity index (χ0) is 19.9. The number of aryl methyl sites for hydroxylation is 1. The highest BCUT2D eigenvalue weighted by atomic mass is 35.5. The number of hydrogen-bond donors (Lipinski definition) is 0. The summed E-state index contributed by atoms with van der Waals surface area (Å²) in [6.07, 6.45) is 19.5. The van der Waals surface area contributed by atoms with Gasteiger partial charge in [-0.1, -0.05) is 62.1 Å². The first kappa shape index (κ1) is 21.9. The summed E-state index contributed by atoms with van der Waals surface area (Å²) in [6, 6.07) is 4.08. The van der Waals surface area contributed by atoms with Crippen molar-refractivity contribution >= 4 is 11.6 Å². The van der Waals surface area contributed by atoms with Gasteiger partial charge in [-0.25, -0.2) is 4.39 Å². The van der Waals surface area contributed by atoms with Crippen LogP contribution < -0.4 is 0 Å². The van der Waals surface area contributed by atoms with Gasteiger partial charge in [0.05, 0.1) is 5.02 Å². The van der Waals surface area contributed by atoms with Crippen LogP contribution >= 0.6 is 11.6 Å². The van der Waals surface area contributed by atoms with Crippen LogP contribution in [0.4, 0.5) is 4.39 Å². The predicted molar refractivity (Wildman–Crippen MR) is 120 cm³/mol. The van der Waals surface area contributed by atoms with Crippen molar-refractivity contribution < 1.29 is 4.39 Å². The summed E-state index contributed by atoms with van der Waals surface area (Å²) in [6.45, 7) is 4.20. The Morgan fingerprint density at radius 2 is 1.64 bits per heavy atom. The van der Waals surface area contributed by atoms with Crippen LogP contribution in [0.5, 0.6) is 0 Å². The van der Waals surface area contributed by atoms with E-state index >= 15 is 0 Å². The first-order valence-electron chi connectivity index (χ1n) is 11.7. The van der Waals surface area contributed by atoms with Gasteiger partial charge in [-0.15, -0.1) is 0 Å². The number of halogens is 2. The van der Waals surface area contributed by atoms with E-state index in [0.29, 0.717) is 10.9 Å². The third kappa shape index (κ3) is 5.41. The minimum absolute atomic E-state index is 0.167. The monoisotopic (exact) mass is 404 g/mol. The third-order valence-corrected chi connectivity index (χ3v) is 7.84. The van der Waals surface area contributed by atoms with Gasteiger partial charge in [0, 0.05) is 0 Å². The minimum atomic E-state index is -0.167. The van der Waals surface area contributed by atoms with Crippen LogP contribution in [0.1, 0.15) is 102 Å². The molecular formula is C26H38ClF. The average molecular weight is 405 g/mol. The standard InChI is InChI=1S/C26H38ClF/c1-3-5-6-8-19-9-11-20(12-10-19)21-13-15-22(16-14-21)24-18-17-23(7-4-2)26(28)25(24)27/h3,5,17-22H,4,6-16H2,1-2H3/b5-3+. The van der Waals surface area contributed by atoms with Gasteiger partial charge in [0.1, 0.15) is 5.82 Å². The molecule has 2 saturated carbocycles. The fourth-order valence-electron chi connectivity index (χ4n) is 5.73. The second-order valence-corrected chi connectivity index (χ2v) is 9.61. The van der Waals surface area contributed by atoms with Crippen molar-refractivity contribution in [3.05, 3.63) is 46.3 Å². The predicted octanol–water partition coefficient (Wildman–Crippen LogP) is 8.87. The molecular weight excluding hydrogens is 367 g/mol. The lowest BCUT2D eigenvalue weighted by atomic mass is 9.68. The van der Waals surface area contributed by atoms with Crippen molar-refractivity contribution in [2.24, 2.45) is 17.8 Å². The van der Waals surface area contributed by atoms with Gasteiger partial charge in [0.2, 0.25) is 0 Å². The van der Waals surface area contributed by atoms with E-state index in [-0.39, 0.29) is 5.82 Å². The van der Waals surface area contributed by atoms with E-state index in [1.165, 1.54) is 64.2 Å². The van der Waals surface area contributed by atoms with Gasteiger partial charge in [0.25, 0.3) is 0 Å². The van der Waals surface area contributed by atoms with E-state index in [1.807, 2.05) is 6.07 Å². The maximum Gasteiger partial charge on any atom is 0.145 e. The first-order valence-corrected chi connectivity index (χ1v) is 12.1. The van der Waals surface area contributed by atoms with E-state index in [4.69, 9.17) is 11.6 Å². The Kier molecular flexibility index (Phi) is 8.45. The summed E-state index contributed by atoms with van der Waals surface area (Å²) in [5.41, 5.74) is 1.83. The summed E-state index contributed by atoms with van der Waals surface area (Å²) in [5.74, 6) is 3.05. The molecule has 0 heterocycles. The molecule has 0 amide bonds. The molecule has 1 aromatic carbocycles. The van der Waals surface area contributed by atoms with E-state index in [2.05, 4.69) is 32.1 Å². The van der Waals surface area contributed by atoms with Gasteiger partial charge in [-0.2, -0.15) is 0 Å². The largest absolute Gasteiger partial charge is 0.205 e. The Balaban J connectivity index is 1.49. The second kappa shape index (κ2) is 10.8. The van der Waals surface area contributed by atoms with Crippen molar-refractivity contribution in [3.63, 3.8) is 0 Å². The number of rotatable bonds is 7. The second-order valence-electron chi connectivity index (χ2n) is 9.23. The van der Waals surface area contributed by atoms with Gasteiger partial charge < -0.3 is 0 Å². The Labute approximate surface area is 176 Å². The quantitative estimate of drug-likeness (QED) is 0.398. The Hall–Kier alpha value is -0.820. The smallest absolute Gasteiger partial charge is 0.145 e. The summed E-state index contributed by atoms with van der Waals surface area (Å²) < 4.78 is 14.6. The van der Waals surface area contributed by atoms with Crippen molar-refractivity contribution in [2.75, 3.05) is 0 Å². The molecule has 28 heavy (non-hydrogen) atoms. The van der Waals surface area contributed by atoms with Crippen LogP contribution in [-0.4, -0.2) is 0 Å². The van der Waals surface area contributed by atoms with Crippen molar-refractivity contribution in [1.29, 1.82) is 0 Å². The SMILES string of the molecule is C/C=C/CCC1CCC(C2CCC(c3ccc(CCC)c(F)c3Cl)CC2)CC1. The molecule has 2 aliphatic carbocycles. The van der Waals surface area contributed by atoms with Gasteiger partial charge in [0.15, 0.2) is 0 Å². The minimum Gasteiger partial charge on any atom is -0.205 e. The lowest BCUT2D eigenvalue weighted by Crippen LogP contribution is -2.25. The molecule has 0 aromatic heterocycles. The number of hydrogen-bond acceptors (Lipinski definition) is 0. The van der Waals surface area contributed by atoms with Crippen LogP contribution in [0.3, 0.4) is 0 Å². The lowest BCUT2D eigenvalue weighted by Gasteiger charge is -2.38. The first-order chi connectivity index (χ1) is 13.6. The molecule has 0 aliphatic heterocycles. The lowest BCUT2D eigenvalue weighted by molar-refractivity contribution is 0.157. The summed E-state index contributed by atoms with van der Waals surface area (Å²) in [5, 5.41) is 0.399. The molecule has 156 valence electrons. The summed E-state index contributed by atoms with van der Waals surface area (Å²) in [7, 11) is 0. The van der Waals surface area contributed by atoms with Gasteiger partial charge >= 0.3 is 0 Å². The molecule has 0 saturated heterocycles. The Morgan fingerprint density at radius 1 is 1.00 bits per heavy atom. The highest BCUT2D eigenvalue weighted by molar-refractivity contribution is 6.31. The summed E-state index contributed by atoms with van der Waals surface area (Å²) >= 11 is 6.44. The molecule has 0 nitrogen and oxygen atoms in total. The van der Waals surface area contributed by atoms with Crippen LogP contribution in [0, 0.1) is 23.6 Å². The van der Waals surface area contributed by atoms with E-state index in [1.54, 1.807) is 0 Å². The highest BCUT2D eigenvalue weighted by Crippen LogP contribution is 2.46. The Bertz CT molecular complexity index is 634. The molecule has 3 rings (SSSR count). The van der Waals surface area contributed by atoms with Gasteiger partial charge in [-0.3, -0.25) is 0 Å². The zero-order valence-corrected chi connectivity index (χ0v) is 18.6. The molecule has 0 N–H and O–H groups in total. The van der Waals surface area contributed by atoms with Crippen LogP contribution in [0.2, 0.25) is 5.02 Å². The molecule has 0 radical (unpaired) electrons. The van der Waals surface area contributed by atoms with Gasteiger partial charge in [-0.05, 0) is 99.5 Å². The fraction of sp³-hybridized carbons (Fsp3) is 0.692. The third-order valence-electron chi connectivity index (χ3n) is 7.46. The molecule has 1 aromatic rings. The molecule has 2 fully saturated rings. The topological polar surface area (TPSA) is 0 Å². The van der Waals surface area contributed by atoms with Crippen molar-refractivity contribution in [3.8, 4) is 0 Å². The molecule has 0 spiro atoms. The molecule has 0 atom stereocenters. The number of benzene rings is 1. The normalized spacial score (nSPS) is 28.7. The number of allylic oxidation sites excluding steroid dienone is 2. The van der Waals surface area contributed by atoms with Crippen molar-refractivity contribution in [1.82, 2.24) is 0 Å². The molecule has 0 bridgehead atoms. The van der Waals surface area contributed by atoms with E-state index in [0.717, 1.165) is 41.7 Å². The van der Waals surface area contributed by atoms with Crippen LogP contribution in [0.15, 0.2) is 24.3 Å². The molecule has 0 unspecified atom stereocenters. The maximum atomic E-state index is 14.6. The van der Waals surface area contributed by atoms with E-state index < -0.39 is 0 Å². The zero-order valence-electron chi connectivity index (χ0n) is 17.9. The van der Waals surface area contributed by atoms with Crippen LogP contribution in [0.25, 0.3) is 0 Å². The van der Waals surface area contributed by atoms with Crippen molar-refractivity contribution in [2.45, 2.75) is 96.8 Å². The Morgan fingerprint density at radius 3 is 2.25 bits per heavy atom. The van der Waals surface area contributed by atoms with E-state index in [9.17, 15) is 4.39 Å². The highest BCUT2D eigenvalue weighted by Gasteiger charge is 2.32. The van der Waals surface area contributed by atoms with Crippen LogP contribution in [-0.2, 0) is 6.42 Å². The molecule has 2 heteroatoms. The average Bonchev–Trinajstić information content (AvgIpc) is 2.73.